The average Bonchev–Trinajstić information content (AvgIpc) is 3.54. The molecule has 0 saturated heterocycles. The number of methoxy groups -OCH3 is 1. The average molecular weight is 488 g/mol. The Morgan fingerprint density at radius 1 is 1.14 bits per heavy atom. The number of anilines is 2. The van der Waals surface area contributed by atoms with Crippen LogP contribution in [0.4, 0.5) is 11.6 Å². The molecule has 0 unspecified atom stereocenters. The van der Waals surface area contributed by atoms with Gasteiger partial charge in [0.2, 0.25) is 5.95 Å². The number of fused-ring (bicyclic) bond motifs is 1. The van der Waals surface area contributed by atoms with Crippen LogP contribution in [-0.4, -0.2) is 34.4 Å². The molecule has 0 radical (unpaired) electrons. The summed E-state index contributed by atoms with van der Waals surface area (Å²) in [5, 5.41) is 13.1. The number of ether oxygens (including phenoxy) is 2. The Kier molecular flexibility index (Phi) is 6.24. The Hall–Kier alpha value is -4.11. The number of nitrogens with one attached hydrogen (secondary N) is 2. The molecule has 9 heteroatoms. The lowest BCUT2D eigenvalue weighted by atomic mass is 9.95. The van der Waals surface area contributed by atoms with Crippen LogP contribution in [0, 0.1) is 0 Å². The van der Waals surface area contributed by atoms with Crippen molar-refractivity contribution in [3.8, 4) is 22.2 Å². The predicted molar refractivity (Wildman–Crippen MR) is 137 cm³/mol. The van der Waals surface area contributed by atoms with Crippen molar-refractivity contribution in [2.45, 2.75) is 19.9 Å². The van der Waals surface area contributed by atoms with Gasteiger partial charge in [-0.3, -0.25) is 4.79 Å². The number of thiophene rings is 1. The Labute approximate surface area is 207 Å². The summed E-state index contributed by atoms with van der Waals surface area (Å²) in [6, 6.07) is 18.5. The number of carbonyl (C=O) groups excluding carboxylic acids is 1. The second-order valence-electron chi connectivity index (χ2n) is 7.90. The van der Waals surface area contributed by atoms with Crippen LogP contribution < -0.4 is 20.1 Å². The maximum Gasteiger partial charge on any atom is 0.255 e. The van der Waals surface area contributed by atoms with E-state index in [1.807, 2.05) is 79.9 Å². The monoisotopic (exact) mass is 487 g/mol. The van der Waals surface area contributed by atoms with E-state index in [1.165, 1.54) is 0 Å². The molecule has 0 fully saturated rings. The second kappa shape index (κ2) is 9.63. The van der Waals surface area contributed by atoms with Crippen molar-refractivity contribution >= 4 is 28.9 Å². The van der Waals surface area contributed by atoms with Gasteiger partial charge in [0.1, 0.15) is 17.5 Å². The van der Waals surface area contributed by atoms with Gasteiger partial charge in [-0.05, 0) is 55.1 Å². The van der Waals surface area contributed by atoms with Crippen LogP contribution in [-0.2, 0) is 4.79 Å². The first kappa shape index (κ1) is 22.7. The lowest BCUT2D eigenvalue weighted by Gasteiger charge is -2.29. The number of allylic oxidation sites excluding steroid dienone is 1. The molecule has 0 aliphatic carbocycles. The highest BCUT2D eigenvalue weighted by Crippen LogP contribution is 2.38. The van der Waals surface area contributed by atoms with E-state index in [0.29, 0.717) is 41.1 Å². The third-order valence-corrected chi connectivity index (χ3v) is 6.57. The van der Waals surface area contributed by atoms with Crippen LogP contribution >= 0.6 is 11.3 Å². The minimum Gasteiger partial charge on any atom is -0.495 e. The number of carbonyl (C=O) groups is 1. The maximum atomic E-state index is 13.7. The van der Waals surface area contributed by atoms with E-state index in [9.17, 15) is 4.79 Å². The summed E-state index contributed by atoms with van der Waals surface area (Å²) in [7, 11) is 1.58. The summed E-state index contributed by atoms with van der Waals surface area (Å²) >= 11 is 1.57. The number of nitrogens with zero attached hydrogens (tertiary/aromatic N) is 3. The Morgan fingerprint density at radius 2 is 1.94 bits per heavy atom. The first-order chi connectivity index (χ1) is 17.1. The lowest BCUT2D eigenvalue weighted by Crippen LogP contribution is -2.31. The number of amides is 1. The highest BCUT2D eigenvalue weighted by molar-refractivity contribution is 7.13. The number of benzene rings is 2. The van der Waals surface area contributed by atoms with E-state index < -0.39 is 6.04 Å². The van der Waals surface area contributed by atoms with Crippen molar-refractivity contribution in [1.29, 1.82) is 0 Å². The van der Waals surface area contributed by atoms with Crippen LogP contribution in [0.2, 0.25) is 0 Å². The molecule has 3 heterocycles. The summed E-state index contributed by atoms with van der Waals surface area (Å²) in [5.74, 6) is 2.29. The molecule has 1 aliphatic heterocycles. The lowest BCUT2D eigenvalue weighted by molar-refractivity contribution is -0.113. The highest BCUT2D eigenvalue weighted by atomic mass is 32.1. The molecule has 35 heavy (non-hydrogen) atoms. The fraction of sp³-hybridized carbons (Fsp3) is 0.192. The van der Waals surface area contributed by atoms with Gasteiger partial charge in [0.05, 0.1) is 29.9 Å². The van der Waals surface area contributed by atoms with E-state index in [0.717, 1.165) is 16.2 Å². The minimum atomic E-state index is -0.488. The van der Waals surface area contributed by atoms with Crippen molar-refractivity contribution in [2.24, 2.45) is 0 Å². The molecule has 0 spiro atoms. The van der Waals surface area contributed by atoms with Gasteiger partial charge in [-0.15, -0.1) is 16.4 Å². The van der Waals surface area contributed by atoms with Crippen molar-refractivity contribution in [3.63, 3.8) is 0 Å². The van der Waals surface area contributed by atoms with E-state index in [-0.39, 0.29) is 5.91 Å². The van der Waals surface area contributed by atoms with Gasteiger partial charge in [-0.1, -0.05) is 30.3 Å². The summed E-state index contributed by atoms with van der Waals surface area (Å²) in [5.41, 5.74) is 2.72. The number of hydrogen-bond donors (Lipinski definition) is 2. The molecule has 4 aromatic rings. The van der Waals surface area contributed by atoms with E-state index in [2.05, 4.69) is 10.6 Å². The number of hydrogen-bond acceptors (Lipinski definition) is 7. The fourth-order valence-corrected chi connectivity index (χ4v) is 4.77. The van der Waals surface area contributed by atoms with Crippen molar-refractivity contribution in [1.82, 2.24) is 14.8 Å². The quantitative estimate of drug-likeness (QED) is 0.366. The van der Waals surface area contributed by atoms with E-state index >= 15 is 0 Å². The Balaban J connectivity index is 1.58. The summed E-state index contributed by atoms with van der Waals surface area (Å²) in [6.07, 6.45) is 0. The maximum absolute atomic E-state index is 13.7. The van der Waals surface area contributed by atoms with Gasteiger partial charge in [0.25, 0.3) is 5.91 Å². The zero-order valence-electron chi connectivity index (χ0n) is 19.6. The number of rotatable bonds is 7. The number of para-hydroxylation sites is 2. The molecule has 0 saturated carbocycles. The van der Waals surface area contributed by atoms with Gasteiger partial charge in [-0.25, -0.2) is 4.68 Å². The fourth-order valence-electron chi connectivity index (χ4n) is 4.11. The van der Waals surface area contributed by atoms with Crippen LogP contribution in [0.1, 0.15) is 25.5 Å². The normalized spacial score (nSPS) is 14.8. The largest absolute Gasteiger partial charge is 0.495 e. The Morgan fingerprint density at radius 3 is 2.66 bits per heavy atom. The molecular weight excluding hydrogens is 462 g/mol. The van der Waals surface area contributed by atoms with Crippen molar-refractivity contribution in [2.75, 3.05) is 24.4 Å². The summed E-state index contributed by atoms with van der Waals surface area (Å²) in [6.45, 7) is 4.40. The van der Waals surface area contributed by atoms with Gasteiger partial charge in [0.15, 0.2) is 5.82 Å². The molecule has 8 nitrogen and oxygen atoms in total. The molecule has 2 N–H and O–H groups in total. The van der Waals surface area contributed by atoms with Gasteiger partial charge in [-0.2, -0.15) is 4.98 Å². The van der Waals surface area contributed by atoms with Crippen LogP contribution in [0.25, 0.3) is 10.7 Å². The first-order valence-electron chi connectivity index (χ1n) is 11.2. The van der Waals surface area contributed by atoms with Gasteiger partial charge >= 0.3 is 0 Å². The van der Waals surface area contributed by atoms with Crippen LogP contribution in [0.5, 0.6) is 11.5 Å². The van der Waals surface area contributed by atoms with Crippen LogP contribution in [0.3, 0.4) is 0 Å². The molecule has 5 rings (SSSR count). The molecule has 2 aromatic carbocycles. The molecule has 178 valence electrons. The molecule has 1 amide bonds. The molecule has 0 bridgehead atoms. The van der Waals surface area contributed by atoms with E-state index in [1.54, 1.807) is 23.1 Å². The molecular formula is C26H25N5O3S. The highest BCUT2D eigenvalue weighted by Gasteiger charge is 2.35. The zero-order valence-corrected chi connectivity index (χ0v) is 20.4. The predicted octanol–water partition coefficient (Wildman–Crippen LogP) is 5.34. The second-order valence-corrected chi connectivity index (χ2v) is 8.85. The SMILES string of the molecule is CCOc1ccc([C@H]2C(C(=O)Nc3ccccc3OC)=C(C)Nc3nc(-c4cccs4)nn32)cc1. The molecule has 1 atom stereocenters. The van der Waals surface area contributed by atoms with Gasteiger partial charge < -0.3 is 20.1 Å². The smallest absolute Gasteiger partial charge is 0.255 e. The third-order valence-electron chi connectivity index (χ3n) is 5.70. The van der Waals surface area contributed by atoms with Crippen molar-refractivity contribution in [3.05, 3.63) is 82.9 Å². The zero-order chi connectivity index (χ0) is 24.4. The third kappa shape index (κ3) is 4.38. The van der Waals surface area contributed by atoms with Crippen LogP contribution in [0.15, 0.2) is 77.3 Å². The molecule has 1 aliphatic rings. The molecule has 2 aromatic heterocycles. The number of aromatic nitrogens is 3. The van der Waals surface area contributed by atoms with Crippen molar-refractivity contribution < 1.29 is 14.3 Å². The topological polar surface area (TPSA) is 90.3 Å². The first-order valence-corrected chi connectivity index (χ1v) is 12.1. The minimum absolute atomic E-state index is 0.253. The summed E-state index contributed by atoms with van der Waals surface area (Å²) < 4.78 is 12.8. The standard InChI is InChI=1S/C26H25N5O3S/c1-4-34-18-13-11-17(12-14-18)23-22(25(32)28-19-8-5-6-9-20(19)33-3)16(2)27-26-29-24(30-31(23)26)21-10-7-15-35-21/h5-15,23H,4H2,1-3H3,(H,28,32)(H,27,29,30)/t23-/m0/s1. The Bertz CT molecular complexity index is 1380. The summed E-state index contributed by atoms with van der Waals surface area (Å²) in [4.78, 5) is 19.4. The van der Waals surface area contributed by atoms with E-state index in [4.69, 9.17) is 19.6 Å². The van der Waals surface area contributed by atoms with Gasteiger partial charge in [0, 0.05) is 5.70 Å².